The fourth-order valence-electron chi connectivity index (χ4n) is 2.30. The summed E-state index contributed by atoms with van der Waals surface area (Å²) in [6.45, 7) is 10.5. The number of aryl methyl sites for hydroxylation is 1. The lowest BCUT2D eigenvalue weighted by Gasteiger charge is -2.18. The Hall–Kier alpha value is -1.63. The lowest BCUT2D eigenvalue weighted by Crippen LogP contribution is -2.43. The molecule has 0 aliphatic heterocycles. The second-order valence-corrected chi connectivity index (χ2v) is 6.68. The van der Waals surface area contributed by atoms with Gasteiger partial charge in [-0.05, 0) is 26.2 Å². The zero-order valence-electron chi connectivity index (χ0n) is 16.1. The number of ether oxygens (including phenoxy) is 1. The zero-order valence-corrected chi connectivity index (χ0v) is 16.1. The minimum Gasteiger partial charge on any atom is -0.383 e. The van der Waals surface area contributed by atoms with E-state index in [0.717, 1.165) is 36.5 Å². The molecule has 7 nitrogen and oxygen atoms in total. The molecule has 1 unspecified atom stereocenters. The van der Waals surface area contributed by atoms with Crippen molar-refractivity contribution >= 4 is 5.96 Å². The van der Waals surface area contributed by atoms with Gasteiger partial charge in [0, 0.05) is 26.7 Å². The van der Waals surface area contributed by atoms with Gasteiger partial charge >= 0.3 is 0 Å². The molecule has 0 saturated carbocycles. The van der Waals surface area contributed by atoms with Crippen LogP contribution in [0.1, 0.15) is 51.7 Å². The van der Waals surface area contributed by atoms with Crippen LogP contribution in [0, 0.1) is 12.8 Å². The van der Waals surface area contributed by atoms with Crippen LogP contribution in [0.5, 0.6) is 0 Å². The maximum Gasteiger partial charge on any atom is 0.191 e. The van der Waals surface area contributed by atoms with Gasteiger partial charge in [-0.2, -0.15) is 0 Å². The molecule has 0 amide bonds. The summed E-state index contributed by atoms with van der Waals surface area (Å²) in [5, 5.41) is 15.0. The van der Waals surface area contributed by atoms with Gasteiger partial charge in [0.1, 0.15) is 12.4 Å². The van der Waals surface area contributed by atoms with E-state index in [9.17, 15) is 0 Å². The van der Waals surface area contributed by atoms with E-state index < -0.39 is 0 Å². The zero-order chi connectivity index (χ0) is 17.9. The fraction of sp³-hybridized carbons (Fsp3) is 0.824. The lowest BCUT2D eigenvalue weighted by atomic mass is 10.0. The molecule has 0 bridgehead atoms. The number of rotatable bonds is 10. The molecule has 0 aromatic carbocycles. The van der Waals surface area contributed by atoms with Gasteiger partial charge in [-0.1, -0.05) is 26.7 Å². The molecule has 0 saturated heterocycles. The smallest absolute Gasteiger partial charge is 0.191 e. The normalized spacial score (nSPS) is 13.4. The molecular formula is C17H34N6O. The highest BCUT2D eigenvalue weighted by Gasteiger charge is 2.08. The van der Waals surface area contributed by atoms with E-state index in [2.05, 4.69) is 46.6 Å². The number of nitrogens with zero attached hydrogens (tertiary/aromatic N) is 4. The summed E-state index contributed by atoms with van der Waals surface area (Å²) in [6, 6.07) is 0.374. The Morgan fingerprint density at radius 1 is 1.25 bits per heavy atom. The predicted octanol–water partition coefficient (Wildman–Crippen LogP) is 2.02. The van der Waals surface area contributed by atoms with Crippen LogP contribution in [0.4, 0.5) is 0 Å². The molecule has 1 atom stereocenters. The second-order valence-electron chi connectivity index (χ2n) is 6.68. The summed E-state index contributed by atoms with van der Waals surface area (Å²) in [5.74, 6) is 3.30. The fourth-order valence-corrected chi connectivity index (χ4v) is 2.30. The van der Waals surface area contributed by atoms with Crippen LogP contribution < -0.4 is 10.6 Å². The number of methoxy groups -OCH3 is 1. The van der Waals surface area contributed by atoms with Gasteiger partial charge < -0.3 is 19.9 Å². The highest BCUT2D eigenvalue weighted by molar-refractivity contribution is 5.80. The summed E-state index contributed by atoms with van der Waals surface area (Å²) >= 11 is 0. The van der Waals surface area contributed by atoms with Crippen molar-refractivity contribution in [1.82, 2.24) is 25.4 Å². The minimum absolute atomic E-state index is 0.374. The average Bonchev–Trinajstić information content (AvgIpc) is 2.84. The molecule has 0 spiro atoms. The third kappa shape index (κ3) is 7.77. The van der Waals surface area contributed by atoms with E-state index in [1.807, 2.05) is 18.5 Å². The summed E-state index contributed by atoms with van der Waals surface area (Å²) in [4.78, 5) is 4.64. The number of guanidine groups is 1. The lowest BCUT2D eigenvalue weighted by molar-refractivity contribution is 0.203. The molecule has 0 fully saturated rings. The minimum atomic E-state index is 0.374. The van der Waals surface area contributed by atoms with E-state index in [1.54, 1.807) is 7.11 Å². The third-order valence-corrected chi connectivity index (χ3v) is 3.96. The van der Waals surface area contributed by atoms with Crippen LogP contribution in [-0.4, -0.2) is 47.0 Å². The Kier molecular flexibility index (Phi) is 9.37. The van der Waals surface area contributed by atoms with Crippen molar-refractivity contribution in [3.05, 3.63) is 11.6 Å². The Bertz CT molecular complexity index is 497. The summed E-state index contributed by atoms with van der Waals surface area (Å²) in [6.07, 6.45) is 3.61. The van der Waals surface area contributed by atoms with Crippen molar-refractivity contribution < 1.29 is 4.74 Å². The first-order chi connectivity index (χ1) is 11.4. The molecule has 0 aliphatic rings. The van der Waals surface area contributed by atoms with E-state index in [4.69, 9.17) is 4.74 Å². The van der Waals surface area contributed by atoms with E-state index in [0.29, 0.717) is 19.2 Å². The van der Waals surface area contributed by atoms with Crippen molar-refractivity contribution in [3.8, 4) is 0 Å². The highest BCUT2D eigenvalue weighted by atomic mass is 16.5. The van der Waals surface area contributed by atoms with Crippen molar-refractivity contribution in [2.24, 2.45) is 18.0 Å². The third-order valence-electron chi connectivity index (χ3n) is 3.96. The Morgan fingerprint density at radius 2 is 2.00 bits per heavy atom. The van der Waals surface area contributed by atoms with E-state index in [-0.39, 0.29) is 0 Å². The maximum atomic E-state index is 5.10. The van der Waals surface area contributed by atoms with E-state index in [1.165, 1.54) is 12.8 Å². The predicted molar refractivity (Wildman–Crippen MR) is 98.0 cm³/mol. The molecule has 138 valence electrons. The molecule has 1 heterocycles. The molecule has 0 radical (unpaired) electrons. The van der Waals surface area contributed by atoms with Crippen LogP contribution in [-0.2, 0) is 18.3 Å². The van der Waals surface area contributed by atoms with Crippen molar-refractivity contribution in [1.29, 1.82) is 0 Å². The SMILES string of the molecule is COCCNC(=NCc1nnc(C)n1C)NC(C)CCCC(C)C. The largest absolute Gasteiger partial charge is 0.383 e. The van der Waals surface area contributed by atoms with Crippen molar-refractivity contribution in [3.63, 3.8) is 0 Å². The van der Waals surface area contributed by atoms with Gasteiger partial charge in [0.05, 0.1) is 6.61 Å². The molecule has 1 rings (SSSR count). The van der Waals surface area contributed by atoms with Crippen molar-refractivity contribution in [2.75, 3.05) is 20.3 Å². The molecule has 0 aliphatic carbocycles. The molecular weight excluding hydrogens is 304 g/mol. The molecule has 24 heavy (non-hydrogen) atoms. The second kappa shape index (κ2) is 11.0. The first-order valence-electron chi connectivity index (χ1n) is 8.82. The van der Waals surface area contributed by atoms with Crippen LogP contribution in [0.25, 0.3) is 0 Å². The average molecular weight is 339 g/mol. The van der Waals surface area contributed by atoms with E-state index >= 15 is 0 Å². The number of nitrogens with one attached hydrogen (secondary N) is 2. The number of hydrogen-bond donors (Lipinski definition) is 2. The van der Waals surface area contributed by atoms with Gasteiger partial charge in [0.15, 0.2) is 11.8 Å². The molecule has 2 N–H and O–H groups in total. The van der Waals surface area contributed by atoms with Gasteiger partial charge in [0.25, 0.3) is 0 Å². The maximum absolute atomic E-state index is 5.10. The number of hydrogen-bond acceptors (Lipinski definition) is 4. The topological polar surface area (TPSA) is 76.4 Å². The van der Waals surface area contributed by atoms with Gasteiger partial charge in [-0.15, -0.1) is 10.2 Å². The monoisotopic (exact) mass is 338 g/mol. The summed E-state index contributed by atoms with van der Waals surface area (Å²) < 4.78 is 7.06. The summed E-state index contributed by atoms with van der Waals surface area (Å²) in [7, 11) is 3.66. The quantitative estimate of drug-likeness (QED) is 0.388. The number of aromatic nitrogens is 3. The highest BCUT2D eigenvalue weighted by Crippen LogP contribution is 2.08. The van der Waals surface area contributed by atoms with Crippen LogP contribution in [0.2, 0.25) is 0 Å². The molecule has 1 aromatic rings. The standard InChI is InChI=1S/C17H34N6O/c1-13(2)8-7-9-14(3)20-17(18-10-11-24-6)19-12-16-22-21-15(4)23(16)5/h13-14H,7-12H2,1-6H3,(H2,18,19,20). The van der Waals surface area contributed by atoms with Crippen LogP contribution in [0.3, 0.4) is 0 Å². The van der Waals surface area contributed by atoms with Gasteiger partial charge in [0.2, 0.25) is 0 Å². The first-order valence-corrected chi connectivity index (χ1v) is 8.82. The molecule has 1 aromatic heterocycles. The van der Waals surface area contributed by atoms with Crippen LogP contribution >= 0.6 is 0 Å². The Morgan fingerprint density at radius 3 is 2.58 bits per heavy atom. The van der Waals surface area contributed by atoms with Crippen molar-refractivity contribution in [2.45, 2.75) is 59.5 Å². The van der Waals surface area contributed by atoms with Gasteiger partial charge in [-0.3, -0.25) is 0 Å². The Balaban J connectivity index is 2.58. The number of aliphatic imine (C=N–C) groups is 1. The Labute approximate surface area is 146 Å². The molecule has 7 heteroatoms. The first kappa shape index (κ1) is 20.4. The van der Waals surface area contributed by atoms with Gasteiger partial charge in [-0.25, -0.2) is 4.99 Å². The summed E-state index contributed by atoms with van der Waals surface area (Å²) in [5.41, 5.74) is 0. The van der Waals surface area contributed by atoms with Crippen LogP contribution in [0.15, 0.2) is 4.99 Å².